The maximum Gasteiger partial charge on any atom is 0.240 e. The summed E-state index contributed by atoms with van der Waals surface area (Å²) in [5.74, 6) is 0. The van der Waals surface area contributed by atoms with Gasteiger partial charge in [0.2, 0.25) is 10.0 Å². The Morgan fingerprint density at radius 2 is 2.00 bits per heavy atom. The molecule has 0 fully saturated rings. The third kappa shape index (κ3) is 5.39. The summed E-state index contributed by atoms with van der Waals surface area (Å²) in [5, 5.41) is 0. The molecule has 3 N–H and O–H groups in total. The molecular formula is C15H27N3O2S. The Hall–Kier alpha value is -0.950. The zero-order valence-corrected chi connectivity index (χ0v) is 14.2. The molecule has 0 bridgehead atoms. The van der Waals surface area contributed by atoms with E-state index in [2.05, 4.69) is 23.5 Å². The fourth-order valence-corrected chi connectivity index (χ4v) is 3.30. The minimum absolute atomic E-state index is 0.322. The highest BCUT2D eigenvalue weighted by atomic mass is 32.2. The Labute approximate surface area is 128 Å². The van der Waals surface area contributed by atoms with Gasteiger partial charge in [0.15, 0.2) is 0 Å². The lowest BCUT2D eigenvalue weighted by Crippen LogP contribution is -2.31. The summed E-state index contributed by atoms with van der Waals surface area (Å²) in [6.07, 6.45) is 0.781. The van der Waals surface area contributed by atoms with Crippen LogP contribution >= 0.6 is 0 Å². The van der Waals surface area contributed by atoms with E-state index in [1.54, 1.807) is 19.1 Å². The monoisotopic (exact) mass is 313 g/mol. The fourth-order valence-electron chi connectivity index (χ4n) is 1.93. The number of hydrogen-bond acceptors (Lipinski definition) is 4. The Balaban J connectivity index is 2.66. The zero-order valence-electron chi connectivity index (χ0n) is 13.4. The second-order valence-corrected chi connectivity index (χ2v) is 7.37. The summed E-state index contributed by atoms with van der Waals surface area (Å²) in [6.45, 7) is 7.66. The number of benzene rings is 1. The van der Waals surface area contributed by atoms with Gasteiger partial charge in [0.05, 0.1) is 4.90 Å². The quantitative estimate of drug-likeness (QED) is 0.713. The summed E-state index contributed by atoms with van der Waals surface area (Å²) in [4.78, 5) is 2.51. The molecule has 0 radical (unpaired) electrons. The van der Waals surface area contributed by atoms with E-state index < -0.39 is 10.0 Å². The highest BCUT2D eigenvalue weighted by molar-refractivity contribution is 7.89. The van der Waals surface area contributed by atoms with E-state index in [1.165, 1.54) is 0 Å². The van der Waals surface area contributed by atoms with E-state index in [0.29, 0.717) is 24.0 Å². The van der Waals surface area contributed by atoms with Crippen LogP contribution in [0.25, 0.3) is 0 Å². The summed E-state index contributed by atoms with van der Waals surface area (Å²) in [7, 11) is -1.43. The SMILES string of the molecule is Cc1ccc(CN)cc1S(=O)(=O)NCCCN(C)C(C)C. The van der Waals surface area contributed by atoms with Crippen molar-refractivity contribution < 1.29 is 8.42 Å². The first-order valence-electron chi connectivity index (χ1n) is 7.27. The fraction of sp³-hybridized carbons (Fsp3) is 0.600. The van der Waals surface area contributed by atoms with Crippen LogP contribution in [0.2, 0.25) is 0 Å². The first-order chi connectivity index (χ1) is 9.77. The van der Waals surface area contributed by atoms with Gasteiger partial charge in [-0.1, -0.05) is 12.1 Å². The van der Waals surface area contributed by atoms with Crippen molar-refractivity contribution in [2.24, 2.45) is 5.73 Å². The molecule has 0 unspecified atom stereocenters. The van der Waals surface area contributed by atoms with Gasteiger partial charge in [-0.3, -0.25) is 0 Å². The number of aryl methyl sites for hydroxylation is 1. The van der Waals surface area contributed by atoms with Crippen molar-refractivity contribution in [3.63, 3.8) is 0 Å². The minimum Gasteiger partial charge on any atom is -0.326 e. The molecule has 1 aromatic carbocycles. The van der Waals surface area contributed by atoms with Crippen molar-refractivity contribution in [2.45, 2.75) is 44.7 Å². The molecule has 0 aliphatic carbocycles. The standard InChI is InChI=1S/C15H27N3O2S/c1-12(2)18(4)9-5-8-17-21(19,20)15-10-14(11-16)7-6-13(15)3/h6-7,10,12,17H,5,8-9,11,16H2,1-4H3. The summed E-state index contributed by atoms with van der Waals surface area (Å²) in [6, 6.07) is 5.76. The molecule has 0 spiro atoms. The Bertz CT molecular complexity index is 556. The molecule has 1 rings (SSSR count). The van der Waals surface area contributed by atoms with Gasteiger partial charge in [-0.05, 0) is 58.0 Å². The molecule has 0 aromatic heterocycles. The molecule has 0 heterocycles. The first kappa shape index (κ1) is 18.1. The second-order valence-electron chi connectivity index (χ2n) is 5.63. The second kappa shape index (κ2) is 7.89. The largest absolute Gasteiger partial charge is 0.326 e. The number of nitrogens with one attached hydrogen (secondary N) is 1. The summed E-state index contributed by atoms with van der Waals surface area (Å²) in [5.41, 5.74) is 7.13. The highest BCUT2D eigenvalue weighted by Crippen LogP contribution is 2.16. The topological polar surface area (TPSA) is 75.4 Å². The first-order valence-corrected chi connectivity index (χ1v) is 8.75. The van der Waals surface area contributed by atoms with Crippen molar-refractivity contribution in [2.75, 3.05) is 20.1 Å². The maximum atomic E-state index is 12.3. The van der Waals surface area contributed by atoms with Crippen LogP contribution in [0.1, 0.15) is 31.4 Å². The average molecular weight is 313 g/mol. The molecule has 120 valence electrons. The Morgan fingerprint density at radius 1 is 1.33 bits per heavy atom. The van der Waals surface area contributed by atoms with Gasteiger partial charge in [0, 0.05) is 19.1 Å². The predicted molar refractivity (Wildman–Crippen MR) is 86.6 cm³/mol. The smallest absolute Gasteiger partial charge is 0.240 e. The predicted octanol–water partition coefficient (Wildman–Crippen LogP) is 1.46. The van der Waals surface area contributed by atoms with Crippen LogP contribution in [0.5, 0.6) is 0 Å². The number of hydrogen-bond donors (Lipinski definition) is 2. The van der Waals surface area contributed by atoms with Crippen LogP contribution in [0.15, 0.2) is 23.1 Å². The molecule has 0 saturated carbocycles. The van der Waals surface area contributed by atoms with Crippen LogP contribution in [0.4, 0.5) is 0 Å². The number of sulfonamides is 1. The number of rotatable bonds is 8. The number of nitrogens with two attached hydrogens (primary N) is 1. The Kier molecular flexibility index (Phi) is 6.80. The molecule has 5 nitrogen and oxygen atoms in total. The van der Waals surface area contributed by atoms with E-state index >= 15 is 0 Å². The lowest BCUT2D eigenvalue weighted by molar-refractivity contribution is 0.271. The Morgan fingerprint density at radius 3 is 2.57 bits per heavy atom. The molecule has 21 heavy (non-hydrogen) atoms. The van der Waals surface area contributed by atoms with Gasteiger partial charge in [-0.2, -0.15) is 0 Å². The molecule has 1 aromatic rings. The third-order valence-electron chi connectivity index (χ3n) is 3.64. The molecule has 0 aliphatic heterocycles. The van der Waals surface area contributed by atoms with Crippen LogP contribution in [-0.4, -0.2) is 39.5 Å². The minimum atomic E-state index is -3.47. The van der Waals surface area contributed by atoms with Crippen LogP contribution in [0.3, 0.4) is 0 Å². The molecule has 0 amide bonds. The molecule has 0 saturated heterocycles. The maximum absolute atomic E-state index is 12.3. The lowest BCUT2D eigenvalue weighted by atomic mass is 10.1. The molecule has 0 aliphatic rings. The zero-order chi connectivity index (χ0) is 16.0. The van der Waals surface area contributed by atoms with Gasteiger partial charge >= 0.3 is 0 Å². The van der Waals surface area contributed by atoms with Crippen LogP contribution < -0.4 is 10.5 Å². The van der Waals surface area contributed by atoms with Gasteiger partial charge in [0.1, 0.15) is 0 Å². The van der Waals surface area contributed by atoms with Gasteiger partial charge in [-0.25, -0.2) is 13.1 Å². The molecular weight excluding hydrogens is 286 g/mol. The van der Waals surface area contributed by atoms with Crippen molar-refractivity contribution in [3.05, 3.63) is 29.3 Å². The van der Waals surface area contributed by atoms with Crippen LogP contribution in [-0.2, 0) is 16.6 Å². The number of nitrogens with zero attached hydrogens (tertiary/aromatic N) is 1. The van der Waals surface area contributed by atoms with E-state index in [9.17, 15) is 8.42 Å². The highest BCUT2D eigenvalue weighted by Gasteiger charge is 2.16. The lowest BCUT2D eigenvalue weighted by Gasteiger charge is -2.20. The average Bonchev–Trinajstić information content (AvgIpc) is 2.43. The van der Waals surface area contributed by atoms with Gasteiger partial charge in [0.25, 0.3) is 0 Å². The van der Waals surface area contributed by atoms with E-state index in [0.717, 1.165) is 24.1 Å². The van der Waals surface area contributed by atoms with Gasteiger partial charge < -0.3 is 10.6 Å². The van der Waals surface area contributed by atoms with Crippen molar-refractivity contribution in [1.29, 1.82) is 0 Å². The summed E-state index contributed by atoms with van der Waals surface area (Å²) >= 11 is 0. The van der Waals surface area contributed by atoms with Crippen molar-refractivity contribution in [1.82, 2.24) is 9.62 Å². The molecule has 0 atom stereocenters. The van der Waals surface area contributed by atoms with E-state index in [-0.39, 0.29) is 0 Å². The normalized spacial score (nSPS) is 12.3. The third-order valence-corrected chi connectivity index (χ3v) is 5.24. The summed E-state index contributed by atoms with van der Waals surface area (Å²) < 4.78 is 27.3. The van der Waals surface area contributed by atoms with Crippen LogP contribution in [0, 0.1) is 6.92 Å². The van der Waals surface area contributed by atoms with Crippen molar-refractivity contribution in [3.8, 4) is 0 Å². The van der Waals surface area contributed by atoms with Crippen molar-refractivity contribution >= 4 is 10.0 Å². The van der Waals surface area contributed by atoms with Gasteiger partial charge in [-0.15, -0.1) is 0 Å². The molecule has 6 heteroatoms. The van der Waals surface area contributed by atoms with E-state index in [1.807, 2.05) is 13.1 Å². The van der Waals surface area contributed by atoms with E-state index in [4.69, 9.17) is 5.73 Å².